The predicted molar refractivity (Wildman–Crippen MR) is 101 cm³/mol. The van der Waals surface area contributed by atoms with E-state index in [9.17, 15) is 9.59 Å². The number of carbonyl (C=O) groups is 2. The molecule has 0 aliphatic rings. The number of nitrogens with zero attached hydrogens (tertiary/aromatic N) is 2. The van der Waals surface area contributed by atoms with E-state index in [2.05, 4.69) is 15.8 Å². The molecule has 1 heterocycles. The van der Waals surface area contributed by atoms with Gasteiger partial charge in [0, 0.05) is 12.1 Å². The first-order valence-electron chi connectivity index (χ1n) is 7.95. The standard InChI is InChI=1S/C17H20Cl2N4O3/c1-10-13(16(24)21-17(25)20-8-5-9-23(2)3)15(22-26-10)14-11(18)6-4-7-12(14)19/h4,6-7H,5,8-9H2,1-3H3,(H2,20,21,24,25). The van der Waals surface area contributed by atoms with Crippen molar-refractivity contribution in [2.45, 2.75) is 13.3 Å². The maximum Gasteiger partial charge on any atom is 0.321 e. The van der Waals surface area contributed by atoms with E-state index in [1.54, 1.807) is 25.1 Å². The van der Waals surface area contributed by atoms with Crippen LogP contribution in [0.5, 0.6) is 0 Å². The summed E-state index contributed by atoms with van der Waals surface area (Å²) in [6.45, 7) is 2.85. The van der Waals surface area contributed by atoms with Crippen LogP contribution in [0.3, 0.4) is 0 Å². The van der Waals surface area contributed by atoms with Crippen molar-refractivity contribution in [1.29, 1.82) is 0 Å². The number of urea groups is 1. The van der Waals surface area contributed by atoms with Crippen LogP contribution in [0, 0.1) is 6.92 Å². The molecule has 26 heavy (non-hydrogen) atoms. The number of amides is 3. The Bertz CT molecular complexity index is 785. The molecule has 0 unspecified atom stereocenters. The van der Waals surface area contributed by atoms with Crippen molar-refractivity contribution >= 4 is 35.1 Å². The van der Waals surface area contributed by atoms with E-state index in [-0.39, 0.29) is 17.0 Å². The number of rotatable bonds is 6. The largest absolute Gasteiger partial charge is 0.360 e. The summed E-state index contributed by atoms with van der Waals surface area (Å²) >= 11 is 12.4. The molecule has 0 aliphatic carbocycles. The third-order valence-electron chi connectivity index (χ3n) is 3.58. The Morgan fingerprint density at radius 1 is 1.23 bits per heavy atom. The zero-order valence-corrected chi connectivity index (χ0v) is 16.2. The van der Waals surface area contributed by atoms with Gasteiger partial charge in [-0.25, -0.2) is 4.79 Å². The lowest BCUT2D eigenvalue weighted by Crippen LogP contribution is -2.40. The first-order chi connectivity index (χ1) is 12.3. The molecule has 0 saturated carbocycles. The average molecular weight is 399 g/mol. The van der Waals surface area contributed by atoms with Crippen molar-refractivity contribution in [2.24, 2.45) is 0 Å². The van der Waals surface area contributed by atoms with Crippen molar-refractivity contribution < 1.29 is 14.1 Å². The smallest absolute Gasteiger partial charge is 0.321 e. The summed E-state index contributed by atoms with van der Waals surface area (Å²) in [6, 6.07) is 4.35. The van der Waals surface area contributed by atoms with Gasteiger partial charge in [0.05, 0.1) is 10.0 Å². The molecule has 0 spiro atoms. The summed E-state index contributed by atoms with van der Waals surface area (Å²) in [5.74, 6) is -0.381. The van der Waals surface area contributed by atoms with Crippen LogP contribution in [-0.2, 0) is 0 Å². The number of imide groups is 1. The van der Waals surface area contributed by atoms with E-state index >= 15 is 0 Å². The van der Waals surface area contributed by atoms with E-state index < -0.39 is 11.9 Å². The van der Waals surface area contributed by atoms with Crippen LogP contribution in [0.4, 0.5) is 4.79 Å². The van der Waals surface area contributed by atoms with Gasteiger partial charge in [-0.1, -0.05) is 34.4 Å². The van der Waals surface area contributed by atoms with Gasteiger partial charge in [-0.3, -0.25) is 10.1 Å². The SMILES string of the molecule is Cc1onc(-c2c(Cl)cccc2Cl)c1C(=O)NC(=O)NCCCN(C)C. The third kappa shape index (κ3) is 4.97. The van der Waals surface area contributed by atoms with Crippen LogP contribution >= 0.6 is 23.2 Å². The molecular weight excluding hydrogens is 379 g/mol. The molecule has 140 valence electrons. The van der Waals surface area contributed by atoms with E-state index in [0.29, 0.717) is 22.2 Å². The molecule has 7 nitrogen and oxygen atoms in total. The number of nitrogens with one attached hydrogen (secondary N) is 2. The van der Waals surface area contributed by atoms with Crippen molar-refractivity contribution in [3.05, 3.63) is 39.6 Å². The predicted octanol–water partition coefficient (Wildman–Crippen LogP) is 3.35. The zero-order valence-electron chi connectivity index (χ0n) is 14.7. The molecule has 0 radical (unpaired) electrons. The van der Waals surface area contributed by atoms with Gasteiger partial charge in [-0.05, 0) is 46.1 Å². The van der Waals surface area contributed by atoms with Crippen LogP contribution in [-0.4, -0.2) is 49.2 Å². The molecule has 2 aromatic rings. The van der Waals surface area contributed by atoms with Gasteiger partial charge in [-0.15, -0.1) is 0 Å². The van der Waals surface area contributed by atoms with Crippen LogP contribution < -0.4 is 10.6 Å². The molecule has 3 amide bonds. The molecule has 9 heteroatoms. The number of aryl methyl sites for hydroxylation is 1. The van der Waals surface area contributed by atoms with E-state index in [4.69, 9.17) is 27.7 Å². The molecule has 0 saturated heterocycles. The summed E-state index contributed by atoms with van der Waals surface area (Å²) in [5, 5.41) is 9.45. The summed E-state index contributed by atoms with van der Waals surface area (Å²) in [4.78, 5) is 26.5. The molecule has 0 fully saturated rings. The molecule has 0 atom stereocenters. The van der Waals surface area contributed by atoms with E-state index in [1.165, 1.54) is 0 Å². The second-order valence-corrected chi connectivity index (χ2v) is 6.74. The fourth-order valence-corrected chi connectivity index (χ4v) is 2.92. The monoisotopic (exact) mass is 398 g/mol. The van der Waals surface area contributed by atoms with Crippen molar-refractivity contribution in [3.63, 3.8) is 0 Å². The first-order valence-corrected chi connectivity index (χ1v) is 8.71. The lowest BCUT2D eigenvalue weighted by Gasteiger charge is -2.10. The van der Waals surface area contributed by atoms with Crippen LogP contribution in [0.25, 0.3) is 11.3 Å². The molecule has 2 N–H and O–H groups in total. The number of halogens is 2. The number of hydrogen-bond acceptors (Lipinski definition) is 5. The summed E-state index contributed by atoms with van der Waals surface area (Å²) < 4.78 is 5.12. The molecule has 1 aromatic carbocycles. The van der Waals surface area contributed by atoms with Gasteiger partial charge in [0.2, 0.25) is 0 Å². The molecule has 2 rings (SSSR count). The summed E-state index contributed by atoms with van der Waals surface area (Å²) in [6.07, 6.45) is 0.765. The number of benzene rings is 1. The topological polar surface area (TPSA) is 87.5 Å². The summed E-state index contributed by atoms with van der Waals surface area (Å²) in [7, 11) is 3.89. The lowest BCUT2D eigenvalue weighted by molar-refractivity contribution is 0.0963. The Hall–Kier alpha value is -2.09. The summed E-state index contributed by atoms with van der Waals surface area (Å²) in [5.41, 5.74) is 0.684. The maximum atomic E-state index is 12.5. The fraction of sp³-hybridized carbons (Fsp3) is 0.353. The third-order valence-corrected chi connectivity index (χ3v) is 4.21. The van der Waals surface area contributed by atoms with E-state index in [1.807, 2.05) is 19.0 Å². The number of aromatic nitrogens is 1. The van der Waals surface area contributed by atoms with Gasteiger partial charge in [0.25, 0.3) is 5.91 Å². The van der Waals surface area contributed by atoms with Crippen LogP contribution in [0.2, 0.25) is 10.0 Å². The normalized spacial score (nSPS) is 10.8. The highest BCUT2D eigenvalue weighted by molar-refractivity contribution is 6.39. The zero-order chi connectivity index (χ0) is 19.3. The van der Waals surface area contributed by atoms with Gasteiger partial charge in [-0.2, -0.15) is 0 Å². The van der Waals surface area contributed by atoms with Crippen molar-refractivity contribution in [1.82, 2.24) is 20.7 Å². The first kappa shape index (κ1) is 20.2. The minimum atomic E-state index is -0.639. The van der Waals surface area contributed by atoms with E-state index in [0.717, 1.165) is 13.0 Å². The van der Waals surface area contributed by atoms with Gasteiger partial charge >= 0.3 is 6.03 Å². The van der Waals surface area contributed by atoms with Crippen molar-refractivity contribution in [2.75, 3.05) is 27.2 Å². The minimum Gasteiger partial charge on any atom is -0.360 e. The van der Waals surface area contributed by atoms with Crippen LogP contribution in [0.1, 0.15) is 22.5 Å². The average Bonchev–Trinajstić information content (AvgIpc) is 2.92. The highest BCUT2D eigenvalue weighted by Crippen LogP contribution is 2.36. The number of hydrogen-bond donors (Lipinski definition) is 2. The van der Waals surface area contributed by atoms with Crippen LogP contribution in [0.15, 0.2) is 22.7 Å². The highest BCUT2D eigenvalue weighted by Gasteiger charge is 2.25. The quantitative estimate of drug-likeness (QED) is 0.728. The molecular formula is C17H20Cl2N4O3. The number of carbonyl (C=O) groups excluding carboxylic acids is 2. The Labute approximate surface area is 161 Å². The Balaban J connectivity index is 2.13. The fourth-order valence-electron chi connectivity index (χ4n) is 2.34. The molecule has 0 bridgehead atoms. The molecule has 0 aliphatic heterocycles. The Morgan fingerprint density at radius 3 is 2.50 bits per heavy atom. The van der Waals surface area contributed by atoms with Gasteiger partial charge < -0.3 is 14.7 Å². The second kappa shape index (κ2) is 9.02. The molecule has 1 aromatic heterocycles. The van der Waals surface area contributed by atoms with Gasteiger partial charge in [0.1, 0.15) is 17.0 Å². The Kier molecular flexibility index (Phi) is 7.02. The maximum absolute atomic E-state index is 12.5. The van der Waals surface area contributed by atoms with Crippen molar-refractivity contribution in [3.8, 4) is 11.3 Å². The highest BCUT2D eigenvalue weighted by atomic mass is 35.5. The second-order valence-electron chi connectivity index (χ2n) is 5.93. The Morgan fingerprint density at radius 2 is 1.88 bits per heavy atom. The lowest BCUT2D eigenvalue weighted by atomic mass is 10.1. The minimum absolute atomic E-state index is 0.114. The van der Waals surface area contributed by atoms with Gasteiger partial charge in [0.15, 0.2) is 0 Å².